The van der Waals surface area contributed by atoms with Crippen molar-refractivity contribution < 1.29 is 37.8 Å². The number of anilines is 1. The largest absolute Gasteiger partial charge is 0.478 e. The van der Waals surface area contributed by atoms with Crippen molar-refractivity contribution in [1.29, 1.82) is 0 Å². The van der Waals surface area contributed by atoms with E-state index < -0.39 is 44.0 Å². The second kappa shape index (κ2) is 7.83. The summed E-state index contributed by atoms with van der Waals surface area (Å²) in [6.07, 6.45) is 0. The highest BCUT2D eigenvalue weighted by Gasteiger charge is 2.26. The minimum absolute atomic E-state index is 0.132. The first-order chi connectivity index (χ1) is 13.0. The lowest BCUT2D eigenvalue weighted by Crippen LogP contribution is -2.35. The monoisotopic (exact) mass is 411 g/mol. The first kappa shape index (κ1) is 20.5. The van der Waals surface area contributed by atoms with Crippen molar-refractivity contribution in [2.75, 3.05) is 12.4 Å². The van der Waals surface area contributed by atoms with Crippen LogP contribution in [0.2, 0.25) is 0 Å². The third-order valence-electron chi connectivity index (χ3n) is 3.11. The second-order valence-electron chi connectivity index (χ2n) is 5.07. The van der Waals surface area contributed by atoms with Crippen LogP contribution in [0, 0.1) is 6.92 Å². The van der Waals surface area contributed by atoms with Crippen LogP contribution in [0.3, 0.4) is 0 Å². The third-order valence-corrected chi connectivity index (χ3v) is 4.48. The molecule has 1 aromatic carbocycles. The minimum atomic E-state index is -4.75. The Morgan fingerprint density at radius 1 is 1.07 bits per heavy atom. The Balaban J connectivity index is 2.34. The van der Waals surface area contributed by atoms with Crippen LogP contribution in [0.4, 0.5) is 10.7 Å². The van der Waals surface area contributed by atoms with Crippen LogP contribution in [-0.2, 0) is 10.0 Å². The molecule has 148 valence electrons. The number of amides is 2. The number of aromatic nitrogens is 3. The van der Waals surface area contributed by atoms with Gasteiger partial charge in [-0.15, -0.1) is 0 Å². The van der Waals surface area contributed by atoms with Crippen molar-refractivity contribution >= 4 is 33.9 Å². The number of rotatable bonds is 6. The number of nitrogens with zero attached hydrogens (tertiary/aromatic N) is 3. The maximum absolute atomic E-state index is 12.4. The summed E-state index contributed by atoms with van der Waals surface area (Å²) in [7, 11) is -3.48. The van der Waals surface area contributed by atoms with Crippen molar-refractivity contribution in [2.45, 2.75) is 11.8 Å². The summed E-state index contributed by atoms with van der Waals surface area (Å²) in [6, 6.07) is 0.901. The lowest BCUT2D eigenvalue weighted by Gasteiger charge is -2.11. The topological polar surface area (TPSA) is 198 Å². The van der Waals surface area contributed by atoms with Crippen LogP contribution in [-0.4, -0.2) is 58.7 Å². The van der Waals surface area contributed by atoms with E-state index in [1.807, 2.05) is 5.32 Å². The number of carbonyl (C=O) groups is 3. The van der Waals surface area contributed by atoms with Crippen LogP contribution < -0.4 is 14.8 Å². The molecule has 2 aromatic rings. The van der Waals surface area contributed by atoms with E-state index in [1.54, 1.807) is 4.72 Å². The molecule has 28 heavy (non-hydrogen) atoms. The van der Waals surface area contributed by atoms with E-state index >= 15 is 0 Å². The Kier molecular flexibility index (Phi) is 5.73. The van der Waals surface area contributed by atoms with Crippen molar-refractivity contribution in [1.82, 2.24) is 19.7 Å². The summed E-state index contributed by atoms with van der Waals surface area (Å²) < 4.78 is 31.2. The average Bonchev–Trinajstić information content (AvgIpc) is 2.59. The van der Waals surface area contributed by atoms with Gasteiger partial charge in [-0.05, 0) is 25.1 Å². The van der Waals surface area contributed by atoms with Crippen molar-refractivity contribution in [3.05, 3.63) is 35.2 Å². The van der Waals surface area contributed by atoms with Gasteiger partial charge in [0, 0.05) is 0 Å². The number of carboxylic acids is 2. The highest BCUT2D eigenvalue weighted by Crippen LogP contribution is 2.18. The predicted molar refractivity (Wildman–Crippen MR) is 90.8 cm³/mol. The van der Waals surface area contributed by atoms with E-state index in [4.69, 9.17) is 14.9 Å². The number of ether oxygens (including phenoxy) is 1. The molecule has 0 aliphatic heterocycles. The fourth-order valence-corrected chi connectivity index (χ4v) is 3.09. The first-order valence-electron chi connectivity index (χ1n) is 7.24. The lowest BCUT2D eigenvalue weighted by atomic mass is 10.1. The third kappa shape index (κ3) is 4.67. The fourth-order valence-electron chi connectivity index (χ4n) is 1.96. The molecule has 14 heteroatoms. The summed E-state index contributed by atoms with van der Waals surface area (Å²) in [5.74, 6) is -3.26. The number of aryl methyl sites for hydroxylation is 1. The highest BCUT2D eigenvalue weighted by atomic mass is 32.2. The fraction of sp³-hybridized carbons (Fsp3) is 0.143. The van der Waals surface area contributed by atoms with Gasteiger partial charge in [0.1, 0.15) is 10.7 Å². The van der Waals surface area contributed by atoms with Crippen LogP contribution >= 0.6 is 0 Å². The van der Waals surface area contributed by atoms with E-state index in [1.165, 1.54) is 14.0 Å². The average molecular weight is 411 g/mol. The Hall–Kier alpha value is -3.81. The predicted octanol–water partition coefficient (Wildman–Crippen LogP) is 0.0954. The van der Waals surface area contributed by atoms with Gasteiger partial charge in [-0.2, -0.15) is 15.0 Å². The Labute approximate surface area is 157 Å². The van der Waals surface area contributed by atoms with E-state index in [-0.39, 0.29) is 17.8 Å². The van der Waals surface area contributed by atoms with E-state index in [2.05, 4.69) is 15.0 Å². The second-order valence-corrected chi connectivity index (χ2v) is 6.72. The molecule has 0 unspecified atom stereocenters. The number of hydrogen-bond donors (Lipinski definition) is 4. The van der Waals surface area contributed by atoms with Gasteiger partial charge < -0.3 is 14.9 Å². The van der Waals surface area contributed by atoms with Crippen molar-refractivity contribution in [2.24, 2.45) is 0 Å². The maximum Gasteiger partial charge on any atom is 0.337 e. The SMILES string of the molecule is COc1nc(C)nc(NC(=O)NS(=O)(=O)c2cc(C(=O)O)ccc2C(=O)O)n1. The molecule has 0 spiro atoms. The quantitative estimate of drug-likeness (QED) is 0.502. The Morgan fingerprint density at radius 3 is 2.32 bits per heavy atom. The zero-order valence-corrected chi connectivity index (χ0v) is 15.1. The molecular weight excluding hydrogens is 398 g/mol. The molecule has 1 heterocycles. The van der Waals surface area contributed by atoms with Gasteiger partial charge in [0.2, 0.25) is 5.95 Å². The highest BCUT2D eigenvalue weighted by molar-refractivity contribution is 7.90. The Morgan fingerprint density at radius 2 is 1.75 bits per heavy atom. The number of hydrogen-bond acceptors (Lipinski definition) is 9. The summed E-state index contributed by atoms with van der Waals surface area (Å²) in [5, 5.41) is 20.1. The van der Waals surface area contributed by atoms with E-state index in [0.29, 0.717) is 6.07 Å². The minimum Gasteiger partial charge on any atom is -0.478 e. The summed E-state index contributed by atoms with van der Waals surface area (Å²) in [4.78, 5) is 44.6. The number of urea groups is 1. The molecule has 0 radical (unpaired) electrons. The van der Waals surface area contributed by atoms with Crippen LogP contribution in [0.25, 0.3) is 0 Å². The summed E-state index contributed by atoms with van der Waals surface area (Å²) >= 11 is 0. The molecule has 2 amide bonds. The molecule has 0 saturated heterocycles. The van der Waals surface area contributed by atoms with Gasteiger partial charge in [0.25, 0.3) is 10.0 Å². The number of sulfonamides is 1. The molecule has 1 aromatic heterocycles. The number of nitrogens with one attached hydrogen (secondary N) is 2. The molecule has 0 fully saturated rings. The molecule has 4 N–H and O–H groups in total. The molecule has 0 bridgehead atoms. The lowest BCUT2D eigenvalue weighted by molar-refractivity contribution is 0.0678. The zero-order chi connectivity index (χ0) is 21.1. The van der Waals surface area contributed by atoms with Crippen LogP contribution in [0.5, 0.6) is 6.01 Å². The number of carbonyl (C=O) groups excluding carboxylic acids is 1. The summed E-state index contributed by atoms with van der Waals surface area (Å²) in [6.45, 7) is 1.47. The number of aromatic carboxylic acids is 2. The molecule has 13 nitrogen and oxygen atoms in total. The van der Waals surface area contributed by atoms with Gasteiger partial charge in [0.15, 0.2) is 0 Å². The van der Waals surface area contributed by atoms with Gasteiger partial charge >= 0.3 is 24.0 Å². The van der Waals surface area contributed by atoms with Crippen molar-refractivity contribution in [3.63, 3.8) is 0 Å². The molecule has 0 aliphatic rings. The Bertz CT molecular complexity index is 1070. The summed E-state index contributed by atoms with van der Waals surface area (Å²) in [5.41, 5.74) is -1.20. The molecule has 0 aliphatic carbocycles. The van der Waals surface area contributed by atoms with Gasteiger partial charge in [-0.1, -0.05) is 0 Å². The molecular formula is C14H13N5O8S. The maximum atomic E-state index is 12.4. The number of methoxy groups -OCH3 is 1. The molecule has 0 atom stereocenters. The molecule has 2 rings (SSSR count). The standard InChI is InChI=1S/C14H13N5O8S/c1-6-15-12(18-14(16-6)27-2)17-13(24)19-28(25,26)9-5-7(10(20)21)3-4-8(9)11(22)23/h3-5H,1-2H3,(H,20,21)(H,22,23)(H2,15,16,17,18,19,24). The van der Waals surface area contributed by atoms with E-state index in [9.17, 15) is 22.8 Å². The molecule has 0 saturated carbocycles. The normalized spacial score (nSPS) is 10.8. The number of carboxylic acid groups (broad SMARTS) is 2. The van der Waals surface area contributed by atoms with Crippen LogP contribution in [0.1, 0.15) is 26.5 Å². The van der Waals surface area contributed by atoms with Gasteiger partial charge in [-0.3, -0.25) is 5.32 Å². The smallest absolute Gasteiger partial charge is 0.337 e. The van der Waals surface area contributed by atoms with Crippen molar-refractivity contribution in [3.8, 4) is 6.01 Å². The zero-order valence-electron chi connectivity index (χ0n) is 14.3. The van der Waals surface area contributed by atoms with Gasteiger partial charge in [0.05, 0.1) is 18.2 Å². The first-order valence-corrected chi connectivity index (χ1v) is 8.73. The van der Waals surface area contributed by atoms with E-state index in [0.717, 1.165) is 12.1 Å². The van der Waals surface area contributed by atoms with Gasteiger partial charge in [-0.25, -0.2) is 27.5 Å². The number of benzene rings is 1. The van der Waals surface area contributed by atoms with Crippen LogP contribution in [0.15, 0.2) is 23.1 Å².